The highest BCUT2D eigenvalue weighted by Crippen LogP contribution is 2.19. The third-order valence-corrected chi connectivity index (χ3v) is 4.53. The number of benzene rings is 1. The molecule has 0 amide bonds. The van der Waals surface area contributed by atoms with Crippen LogP contribution in [0.4, 0.5) is 5.95 Å². The average molecular weight is 332 g/mol. The Bertz CT molecular complexity index is 1000. The molecule has 3 heterocycles. The topological polar surface area (TPSA) is 61.9 Å². The highest BCUT2D eigenvalue weighted by atomic mass is 16.1. The van der Waals surface area contributed by atoms with E-state index in [0.717, 1.165) is 37.1 Å². The first-order valence-electron chi connectivity index (χ1n) is 8.59. The number of hydrogen-bond donors (Lipinski definition) is 1. The standard InChI is InChI=1S/C20H20N4O/c1-14-5-4-6-15(13-14)7-8-16-9-10-21-18-17(16)19(25)23-20(22-18)24-11-2-3-12-24/h4-10,13H,2-3,11-12H2,1H3,(H,21,22,23,25)/b8-7+. The quantitative estimate of drug-likeness (QED) is 0.798. The van der Waals surface area contributed by atoms with Gasteiger partial charge < -0.3 is 4.90 Å². The van der Waals surface area contributed by atoms with Gasteiger partial charge in [0.2, 0.25) is 5.95 Å². The van der Waals surface area contributed by atoms with Crippen LogP contribution in [0.25, 0.3) is 23.2 Å². The molecular weight excluding hydrogens is 312 g/mol. The predicted molar refractivity (Wildman–Crippen MR) is 102 cm³/mol. The molecule has 1 N–H and O–H groups in total. The molecule has 0 bridgehead atoms. The Kier molecular flexibility index (Phi) is 4.06. The molecule has 0 aliphatic carbocycles. The summed E-state index contributed by atoms with van der Waals surface area (Å²) in [5, 5.41) is 0.536. The molecular formula is C20H20N4O. The Morgan fingerprint density at radius 1 is 1.16 bits per heavy atom. The molecule has 0 radical (unpaired) electrons. The van der Waals surface area contributed by atoms with E-state index in [2.05, 4.69) is 38.9 Å². The summed E-state index contributed by atoms with van der Waals surface area (Å²) in [6.07, 6.45) is 7.93. The maximum absolute atomic E-state index is 12.6. The molecule has 1 fully saturated rings. The summed E-state index contributed by atoms with van der Waals surface area (Å²) < 4.78 is 0. The average Bonchev–Trinajstić information content (AvgIpc) is 3.14. The molecule has 5 heteroatoms. The van der Waals surface area contributed by atoms with E-state index >= 15 is 0 Å². The summed E-state index contributed by atoms with van der Waals surface area (Å²) in [5.41, 5.74) is 3.49. The Morgan fingerprint density at radius 2 is 2.00 bits per heavy atom. The minimum absolute atomic E-state index is 0.135. The lowest BCUT2D eigenvalue weighted by molar-refractivity contribution is 0.897. The first kappa shape index (κ1) is 15.6. The number of hydrogen-bond acceptors (Lipinski definition) is 4. The smallest absolute Gasteiger partial charge is 0.262 e. The van der Waals surface area contributed by atoms with Crippen molar-refractivity contribution in [3.63, 3.8) is 0 Å². The first-order valence-corrected chi connectivity index (χ1v) is 8.59. The summed E-state index contributed by atoms with van der Waals surface area (Å²) in [7, 11) is 0. The van der Waals surface area contributed by atoms with Crippen molar-refractivity contribution in [2.45, 2.75) is 19.8 Å². The fourth-order valence-electron chi connectivity index (χ4n) is 3.25. The van der Waals surface area contributed by atoms with Gasteiger partial charge in [-0.3, -0.25) is 9.78 Å². The second-order valence-corrected chi connectivity index (χ2v) is 6.43. The summed E-state index contributed by atoms with van der Waals surface area (Å²) in [6.45, 7) is 3.93. The molecule has 126 valence electrons. The zero-order valence-electron chi connectivity index (χ0n) is 14.2. The molecule has 0 saturated carbocycles. The lowest BCUT2D eigenvalue weighted by atomic mass is 10.1. The van der Waals surface area contributed by atoms with Crippen molar-refractivity contribution in [2.24, 2.45) is 0 Å². The van der Waals surface area contributed by atoms with Crippen molar-refractivity contribution in [1.82, 2.24) is 15.0 Å². The minimum Gasteiger partial charge on any atom is -0.342 e. The highest BCUT2D eigenvalue weighted by molar-refractivity contribution is 5.88. The third-order valence-electron chi connectivity index (χ3n) is 4.53. The molecule has 1 aliphatic heterocycles. The van der Waals surface area contributed by atoms with Crippen LogP contribution in [-0.4, -0.2) is 28.0 Å². The van der Waals surface area contributed by atoms with Gasteiger partial charge in [-0.1, -0.05) is 42.0 Å². The Morgan fingerprint density at radius 3 is 2.80 bits per heavy atom. The lowest BCUT2D eigenvalue weighted by Gasteiger charge is -2.15. The van der Waals surface area contributed by atoms with Crippen LogP contribution in [0.3, 0.4) is 0 Å². The highest BCUT2D eigenvalue weighted by Gasteiger charge is 2.16. The van der Waals surface area contributed by atoms with E-state index in [1.807, 2.05) is 30.4 Å². The van der Waals surface area contributed by atoms with Crippen LogP contribution in [0.1, 0.15) is 29.5 Å². The molecule has 0 atom stereocenters. The van der Waals surface area contributed by atoms with E-state index in [9.17, 15) is 4.79 Å². The van der Waals surface area contributed by atoms with E-state index in [4.69, 9.17) is 0 Å². The number of H-pyrrole nitrogens is 1. The molecule has 4 rings (SSSR count). The van der Waals surface area contributed by atoms with Crippen molar-refractivity contribution in [3.05, 3.63) is 63.6 Å². The molecule has 25 heavy (non-hydrogen) atoms. The number of aromatic nitrogens is 3. The normalized spacial score (nSPS) is 14.7. The molecule has 0 unspecified atom stereocenters. The molecule has 1 aliphatic rings. The van der Waals surface area contributed by atoms with E-state index in [-0.39, 0.29) is 5.56 Å². The number of nitrogens with zero attached hydrogens (tertiary/aromatic N) is 3. The second kappa shape index (κ2) is 6.51. The van der Waals surface area contributed by atoms with Crippen LogP contribution in [0, 0.1) is 6.92 Å². The van der Waals surface area contributed by atoms with Gasteiger partial charge in [-0.25, -0.2) is 4.98 Å². The van der Waals surface area contributed by atoms with Crippen LogP contribution < -0.4 is 10.5 Å². The van der Waals surface area contributed by atoms with Gasteiger partial charge in [0, 0.05) is 19.3 Å². The van der Waals surface area contributed by atoms with Crippen LogP contribution in [0.15, 0.2) is 41.3 Å². The van der Waals surface area contributed by atoms with Crippen molar-refractivity contribution >= 4 is 29.1 Å². The number of rotatable bonds is 3. The van der Waals surface area contributed by atoms with Gasteiger partial charge in [-0.15, -0.1) is 0 Å². The maximum atomic E-state index is 12.6. The number of pyridine rings is 1. The Labute approximate surface area is 146 Å². The second-order valence-electron chi connectivity index (χ2n) is 6.43. The van der Waals surface area contributed by atoms with Crippen molar-refractivity contribution in [1.29, 1.82) is 0 Å². The fourth-order valence-corrected chi connectivity index (χ4v) is 3.25. The molecule has 2 aromatic heterocycles. The zero-order chi connectivity index (χ0) is 17.2. The molecule has 5 nitrogen and oxygen atoms in total. The Hall–Kier alpha value is -2.95. The SMILES string of the molecule is Cc1cccc(/C=C/c2ccnc3nc(N4CCCC4)[nH]c(=O)c23)c1. The summed E-state index contributed by atoms with van der Waals surface area (Å²) in [6, 6.07) is 10.1. The summed E-state index contributed by atoms with van der Waals surface area (Å²) >= 11 is 0. The lowest BCUT2D eigenvalue weighted by Crippen LogP contribution is -2.24. The number of aromatic amines is 1. The van der Waals surface area contributed by atoms with E-state index in [1.54, 1.807) is 6.20 Å². The van der Waals surface area contributed by atoms with Gasteiger partial charge >= 0.3 is 0 Å². The van der Waals surface area contributed by atoms with Gasteiger partial charge in [0.15, 0.2) is 5.65 Å². The largest absolute Gasteiger partial charge is 0.342 e. The molecule has 1 aromatic carbocycles. The summed E-state index contributed by atoms with van der Waals surface area (Å²) in [4.78, 5) is 26.6. The first-order chi connectivity index (χ1) is 12.2. The van der Waals surface area contributed by atoms with E-state index in [1.165, 1.54) is 5.56 Å². The monoisotopic (exact) mass is 332 g/mol. The van der Waals surface area contributed by atoms with Gasteiger partial charge in [-0.05, 0) is 37.0 Å². The number of aryl methyl sites for hydroxylation is 1. The molecule has 3 aromatic rings. The number of fused-ring (bicyclic) bond motifs is 1. The van der Waals surface area contributed by atoms with Crippen molar-refractivity contribution in [2.75, 3.05) is 18.0 Å². The van der Waals surface area contributed by atoms with Crippen molar-refractivity contribution in [3.8, 4) is 0 Å². The van der Waals surface area contributed by atoms with Crippen LogP contribution in [0.2, 0.25) is 0 Å². The fraction of sp³-hybridized carbons (Fsp3) is 0.250. The zero-order valence-corrected chi connectivity index (χ0v) is 14.2. The van der Waals surface area contributed by atoms with Gasteiger partial charge in [-0.2, -0.15) is 4.98 Å². The van der Waals surface area contributed by atoms with Gasteiger partial charge in [0.05, 0.1) is 5.39 Å². The minimum atomic E-state index is -0.135. The van der Waals surface area contributed by atoms with Gasteiger partial charge in [0.25, 0.3) is 5.56 Å². The number of nitrogens with one attached hydrogen (secondary N) is 1. The number of anilines is 1. The van der Waals surface area contributed by atoms with E-state index in [0.29, 0.717) is 17.0 Å². The molecule has 0 spiro atoms. The van der Waals surface area contributed by atoms with E-state index < -0.39 is 0 Å². The third kappa shape index (κ3) is 3.18. The van der Waals surface area contributed by atoms with Crippen LogP contribution >= 0.6 is 0 Å². The van der Waals surface area contributed by atoms with Crippen LogP contribution in [0.5, 0.6) is 0 Å². The predicted octanol–water partition coefficient (Wildman–Crippen LogP) is 3.40. The Balaban J connectivity index is 1.76. The summed E-state index contributed by atoms with van der Waals surface area (Å²) in [5.74, 6) is 0.627. The molecule has 1 saturated heterocycles. The van der Waals surface area contributed by atoms with Crippen molar-refractivity contribution < 1.29 is 0 Å². The van der Waals surface area contributed by atoms with Crippen LogP contribution in [-0.2, 0) is 0 Å². The van der Waals surface area contributed by atoms with Gasteiger partial charge in [0.1, 0.15) is 0 Å². The maximum Gasteiger partial charge on any atom is 0.262 e.